The Morgan fingerprint density at radius 1 is 1.10 bits per heavy atom. The van der Waals surface area contributed by atoms with Crippen molar-refractivity contribution in [2.75, 3.05) is 11.4 Å². The minimum absolute atomic E-state index is 0.251. The van der Waals surface area contributed by atoms with E-state index < -0.39 is 5.82 Å². The maximum atomic E-state index is 14.0. The van der Waals surface area contributed by atoms with Gasteiger partial charge in [0.1, 0.15) is 11.6 Å². The van der Waals surface area contributed by atoms with Crippen molar-refractivity contribution in [3.05, 3.63) is 59.2 Å². The zero-order valence-corrected chi connectivity index (χ0v) is 12.3. The molecule has 0 aliphatic rings. The number of ketones is 1. The number of anilines is 2. The highest BCUT2D eigenvalue weighted by Gasteiger charge is 2.19. The number of nitrogens with zero attached hydrogens (tertiary/aromatic N) is 1. The van der Waals surface area contributed by atoms with Gasteiger partial charge in [-0.05, 0) is 50.6 Å². The van der Waals surface area contributed by atoms with Gasteiger partial charge in [0, 0.05) is 12.1 Å². The first kappa shape index (κ1) is 15.2. The molecule has 0 radical (unpaired) electrons. The van der Waals surface area contributed by atoms with Crippen molar-refractivity contribution in [1.82, 2.24) is 0 Å². The van der Waals surface area contributed by atoms with Crippen LogP contribution in [0.1, 0.15) is 29.8 Å². The van der Waals surface area contributed by atoms with Gasteiger partial charge in [-0.3, -0.25) is 4.79 Å². The fourth-order valence-corrected chi connectivity index (χ4v) is 2.31. The van der Waals surface area contributed by atoms with Crippen molar-refractivity contribution in [2.45, 2.75) is 20.8 Å². The van der Waals surface area contributed by atoms with Crippen LogP contribution in [-0.2, 0) is 0 Å². The summed E-state index contributed by atoms with van der Waals surface area (Å²) < 4.78 is 27.7. The number of aryl methyl sites for hydroxylation is 1. The van der Waals surface area contributed by atoms with Gasteiger partial charge in [0.15, 0.2) is 5.78 Å². The molecule has 0 atom stereocenters. The van der Waals surface area contributed by atoms with Crippen LogP contribution in [0.2, 0.25) is 0 Å². The summed E-state index contributed by atoms with van der Waals surface area (Å²) >= 11 is 0. The molecule has 0 aliphatic carbocycles. The van der Waals surface area contributed by atoms with E-state index in [1.54, 1.807) is 36.1 Å². The van der Waals surface area contributed by atoms with Gasteiger partial charge in [-0.25, -0.2) is 8.78 Å². The molecular weight excluding hydrogens is 272 g/mol. The Morgan fingerprint density at radius 2 is 1.76 bits per heavy atom. The van der Waals surface area contributed by atoms with Gasteiger partial charge in [-0.2, -0.15) is 0 Å². The molecule has 0 N–H and O–H groups in total. The van der Waals surface area contributed by atoms with Crippen LogP contribution in [0, 0.1) is 18.6 Å². The van der Waals surface area contributed by atoms with Crippen molar-refractivity contribution < 1.29 is 13.6 Å². The molecule has 0 heterocycles. The summed E-state index contributed by atoms with van der Waals surface area (Å²) in [5.74, 6) is -1.07. The van der Waals surface area contributed by atoms with Crippen LogP contribution in [0.4, 0.5) is 20.2 Å². The monoisotopic (exact) mass is 289 g/mol. The fraction of sp³-hybridized carbons (Fsp3) is 0.235. The van der Waals surface area contributed by atoms with E-state index in [-0.39, 0.29) is 17.2 Å². The Labute approximate surface area is 123 Å². The van der Waals surface area contributed by atoms with E-state index in [1.165, 1.54) is 19.1 Å². The number of Topliss-reactive ketones (excluding diaryl/α,β-unsaturated/α-hetero) is 1. The van der Waals surface area contributed by atoms with Crippen LogP contribution in [-0.4, -0.2) is 12.3 Å². The van der Waals surface area contributed by atoms with E-state index in [0.717, 1.165) is 0 Å². The maximum absolute atomic E-state index is 14.0. The lowest BCUT2D eigenvalue weighted by Crippen LogP contribution is -2.20. The second-order valence-corrected chi connectivity index (χ2v) is 4.87. The molecule has 0 saturated heterocycles. The number of para-hydroxylation sites is 1. The average Bonchev–Trinajstić information content (AvgIpc) is 2.44. The Morgan fingerprint density at radius 3 is 2.33 bits per heavy atom. The number of halogens is 2. The third-order valence-corrected chi connectivity index (χ3v) is 3.41. The zero-order chi connectivity index (χ0) is 15.6. The van der Waals surface area contributed by atoms with E-state index in [2.05, 4.69) is 0 Å². The van der Waals surface area contributed by atoms with Gasteiger partial charge in [-0.1, -0.05) is 12.1 Å². The van der Waals surface area contributed by atoms with Gasteiger partial charge in [0.05, 0.1) is 11.4 Å². The van der Waals surface area contributed by atoms with Gasteiger partial charge in [0.2, 0.25) is 0 Å². The number of carbonyl (C=O) groups excluding carboxylic acids is 1. The molecule has 4 heteroatoms. The molecule has 2 aromatic rings. The second-order valence-electron chi connectivity index (χ2n) is 4.87. The van der Waals surface area contributed by atoms with Gasteiger partial charge >= 0.3 is 0 Å². The van der Waals surface area contributed by atoms with Crippen molar-refractivity contribution in [3.63, 3.8) is 0 Å². The van der Waals surface area contributed by atoms with Crippen molar-refractivity contribution >= 4 is 17.2 Å². The molecule has 21 heavy (non-hydrogen) atoms. The van der Waals surface area contributed by atoms with Crippen molar-refractivity contribution in [1.29, 1.82) is 0 Å². The topological polar surface area (TPSA) is 20.3 Å². The molecular formula is C17H17F2NO. The summed E-state index contributed by atoms with van der Waals surface area (Å²) in [6.45, 7) is 5.32. The molecule has 0 aliphatic heterocycles. The summed E-state index contributed by atoms with van der Waals surface area (Å²) in [6, 6.07) is 9.14. The highest BCUT2D eigenvalue weighted by atomic mass is 19.1. The second kappa shape index (κ2) is 6.04. The van der Waals surface area contributed by atoms with E-state index in [1.807, 2.05) is 6.92 Å². The summed E-state index contributed by atoms with van der Waals surface area (Å²) in [7, 11) is 0. The number of rotatable bonds is 4. The van der Waals surface area contributed by atoms with Crippen molar-refractivity contribution in [3.8, 4) is 0 Å². The number of hydrogen-bond donors (Lipinski definition) is 0. The Balaban J connectivity index is 2.65. The minimum Gasteiger partial charge on any atom is -0.339 e. The molecule has 110 valence electrons. The van der Waals surface area contributed by atoms with Crippen LogP contribution in [0.3, 0.4) is 0 Å². The van der Waals surface area contributed by atoms with Crippen LogP contribution in [0.25, 0.3) is 0 Å². The molecule has 0 amide bonds. The van der Waals surface area contributed by atoms with Crippen LogP contribution in [0.5, 0.6) is 0 Å². The summed E-state index contributed by atoms with van der Waals surface area (Å²) in [5.41, 5.74) is 1.57. The maximum Gasteiger partial charge on any atom is 0.162 e. The first-order chi connectivity index (χ1) is 9.95. The lowest BCUT2D eigenvalue weighted by atomic mass is 10.0. The third-order valence-electron chi connectivity index (χ3n) is 3.41. The molecule has 0 fully saturated rings. The number of carbonyl (C=O) groups is 1. The van der Waals surface area contributed by atoms with E-state index in [4.69, 9.17) is 0 Å². The Bertz CT molecular complexity index is 682. The molecule has 0 aromatic heterocycles. The minimum atomic E-state index is -0.437. The molecule has 0 spiro atoms. The van der Waals surface area contributed by atoms with Crippen LogP contribution >= 0.6 is 0 Å². The molecule has 2 nitrogen and oxygen atoms in total. The largest absolute Gasteiger partial charge is 0.339 e. The first-order valence-electron chi connectivity index (χ1n) is 6.78. The van der Waals surface area contributed by atoms with Crippen LogP contribution in [0.15, 0.2) is 36.4 Å². The highest BCUT2D eigenvalue weighted by Crippen LogP contribution is 2.32. The predicted octanol–water partition coefficient (Wildman–Crippen LogP) is 4.63. The third kappa shape index (κ3) is 2.94. The van der Waals surface area contributed by atoms with E-state index >= 15 is 0 Å². The number of hydrogen-bond acceptors (Lipinski definition) is 2. The van der Waals surface area contributed by atoms with Crippen LogP contribution < -0.4 is 4.90 Å². The van der Waals surface area contributed by atoms with Gasteiger partial charge in [0.25, 0.3) is 0 Å². The highest BCUT2D eigenvalue weighted by molar-refractivity contribution is 6.00. The fourth-order valence-electron chi connectivity index (χ4n) is 2.31. The predicted molar refractivity (Wildman–Crippen MR) is 80.2 cm³/mol. The van der Waals surface area contributed by atoms with Crippen molar-refractivity contribution in [2.24, 2.45) is 0 Å². The summed E-state index contributed by atoms with van der Waals surface area (Å²) in [4.78, 5) is 13.5. The Kier molecular flexibility index (Phi) is 4.36. The zero-order valence-electron chi connectivity index (χ0n) is 12.3. The normalized spacial score (nSPS) is 10.5. The molecule has 0 saturated carbocycles. The standard InChI is InChI=1S/C17H17F2NO/c1-4-20(16-8-6-5-7-14(16)18)17-9-11(2)15(19)10-13(17)12(3)21/h5-10H,4H2,1-3H3. The lowest BCUT2D eigenvalue weighted by molar-refractivity contribution is 0.101. The molecule has 0 unspecified atom stereocenters. The van der Waals surface area contributed by atoms with E-state index in [9.17, 15) is 13.6 Å². The quantitative estimate of drug-likeness (QED) is 0.765. The SMILES string of the molecule is CCN(c1ccccc1F)c1cc(C)c(F)cc1C(C)=O. The Hall–Kier alpha value is -2.23. The first-order valence-corrected chi connectivity index (χ1v) is 6.78. The average molecular weight is 289 g/mol. The molecule has 2 aromatic carbocycles. The summed E-state index contributed by atoms with van der Waals surface area (Å²) in [6.07, 6.45) is 0. The smallest absolute Gasteiger partial charge is 0.162 e. The molecule has 0 bridgehead atoms. The van der Waals surface area contributed by atoms with E-state index in [0.29, 0.717) is 23.5 Å². The number of benzene rings is 2. The van der Waals surface area contributed by atoms with Gasteiger partial charge < -0.3 is 4.90 Å². The van der Waals surface area contributed by atoms with Gasteiger partial charge in [-0.15, -0.1) is 0 Å². The summed E-state index contributed by atoms with van der Waals surface area (Å²) in [5, 5.41) is 0. The lowest BCUT2D eigenvalue weighted by Gasteiger charge is -2.26. The molecule has 2 rings (SSSR count).